The number of amides is 1. The van der Waals surface area contributed by atoms with Gasteiger partial charge in [0.2, 0.25) is 0 Å². The van der Waals surface area contributed by atoms with Crippen LogP contribution in [0.4, 0.5) is 13.6 Å². The van der Waals surface area contributed by atoms with Crippen LogP contribution in [-0.2, 0) is 19.3 Å². The third-order valence-corrected chi connectivity index (χ3v) is 8.54. The zero-order valence-electron chi connectivity index (χ0n) is 17.0. The minimum Gasteiger partial charge on any atom is -0.449 e. The van der Waals surface area contributed by atoms with Crippen molar-refractivity contribution < 1.29 is 26.7 Å². The molecule has 5 nitrogen and oxygen atoms in total. The summed E-state index contributed by atoms with van der Waals surface area (Å²) in [5.41, 5.74) is -0.175. The van der Waals surface area contributed by atoms with Crippen LogP contribution < -0.4 is 5.32 Å². The van der Waals surface area contributed by atoms with E-state index in [4.69, 9.17) is 16.3 Å². The van der Waals surface area contributed by atoms with Crippen molar-refractivity contribution in [1.82, 2.24) is 5.32 Å². The normalized spacial score (nSPS) is 21.5. The topological polar surface area (TPSA) is 72.5 Å². The molecule has 0 spiro atoms. The molecule has 0 unspecified atom stereocenters. The molecule has 1 saturated carbocycles. The molecule has 31 heavy (non-hydrogen) atoms. The van der Waals surface area contributed by atoms with E-state index in [1.54, 1.807) is 6.92 Å². The van der Waals surface area contributed by atoms with Gasteiger partial charge in [-0.25, -0.2) is 22.0 Å². The number of carbonyl (C=O) groups excluding carboxylic acids is 1. The number of ether oxygens (including phenoxy) is 1. The predicted octanol–water partition coefficient (Wildman–Crippen LogP) is 5.22. The summed E-state index contributed by atoms with van der Waals surface area (Å²) in [6.07, 6.45) is 0.359. The van der Waals surface area contributed by atoms with Gasteiger partial charge < -0.3 is 10.1 Å². The highest BCUT2D eigenvalue weighted by Gasteiger charge is 2.50. The molecule has 2 aromatic carbocycles. The van der Waals surface area contributed by atoms with E-state index in [1.165, 1.54) is 24.3 Å². The molecule has 0 heterocycles. The number of nitrogens with one attached hydrogen (secondary N) is 1. The summed E-state index contributed by atoms with van der Waals surface area (Å²) in [6.45, 7) is 2.34. The summed E-state index contributed by atoms with van der Waals surface area (Å²) in [5, 5.41) is 2.90. The number of rotatable bonds is 6. The summed E-state index contributed by atoms with van der Waals surface area (Å²) in [7, 11) is -4.08. The van der Waals surface area contributed by atoms with Crippen molar-refractivity contribution in [2.24, 2.45) is 5.92 Å². The van der Waals surface area contributed by atoms with Crippen LogP contribution in [0.2, 0.25) is 5.02 Å². The fourth-order valence-electron chi connectivity index (χ4n) is 4.07. The van der Waals surface area contributed by atoms with Gasteiger partial charge in [0.1, 0.15) is 16.4 Å². The van der Waals surface area contributed by atoms with Gasteiger partial charge in [0.15, 0.2) is 9.84 Å². The maximum absolute atomic E-state index is 14.8. The van der Waals surface area contributed by atoms with Crippen LogP contribution in [0, 0.1) is 17.6 Å². The van der Waals surface area contributed by atoms with Crippen molar-refractivity contribution in [3.8, 4) is 0 Å². The number of benzene rings is 2. The first-order chi connectivity index (χ1) is 14.7. The highest BCUT2D eigenvalue weighted by Crippen LogP contribution is 2.49. The lowest BCUT2D eigenvalue weighted by Crippen LogP contribution is -2.41. The molecule has 0 saturated heterocycles. The average Bonchev–Trinajstić information content (AvgIpc) is 2.75. The van der Waals surface area contributed by atoms with Crippen LogP contribution in [0.5, 0.6) is 0 Å². The Hall–Kier alpha value is -2.19. The largest absolute Gasteiger partial charge is 0.449 e. The van der Waals surface area contributed by atoms with Gasteiger partial charge >= 0.3 is 6.09 Å². The summed E-state index contributed by atoms with van der Waals surface area (Å²) in [4.78, 5) is 11.6. The van der Waals surface area contributed by atoms with Crippen LogP contribution >= 0.6 is 11.6 Å². The summed E-state index contributed by atoms with van der Waals surface area (Å²) >= 11 is 5.90. The second-order valence-electron chi connectivity index (χ2n) is 7.65. The average molecular weight is 472 g/mol. The fraction of sp³-hybridized carbons (Fsp3) is 0.409. The molecular formula is C22H24ClF2NO4S. The zero-order valence-corrected chi connectivity index (χ0v) is 18.6. The monoisotopic (exact) mass is 471 g/mol. The van der Waals surface area contributed by atoms with Crippen molar-refractivity contribution >= 4 is 27.5 Å². The molecule has 1 N–H and O–H groups in total. The smallest absolute Gasteiger partial charge is 0.407 e. The SMILES string of the molecule is CCNC(=O)OC[C@H]1CC[C@@](c2cc(F)ccc2F)(S(=O)(=O)c2ccc(Cl)cc2)CC1. The van der Waals surface area contributed by atoms with Crippen LogP contribution in [0.1, 0.15) is 38.2 Å². The molecule has 0 aliphatic heterocycles. The molecule has 0 aromatic heterocycles. The minimum absolute atomic E-state index is 0.00224. The lowest BCUT2D eigenvalue weighted by Gasteiger charge is -2.40. The Balaban J connectivity index is 1.95. The number of hydrogen-bond donors (Lipinski definition) is 1. The quantitative estimate of drug-likeness (QED) is 0.626. The fourth-order valence-corrected chi connectivity index (χ4v) is 6.36. The molecule has 168 valence electrons. The van der Waals surface area contributed by atoms with Crippen LogP contribution in [0.15, 0.2) is 47.4 Å². The first-order valence-electron chi connectivity index (χ1n) is 10.1. The van der Waals surface area contributed by atoms with E-state index < -0.39 is 32.3 Å². The summed E-state index contributed by atoms with van der Waals surface area (Å²) < 4.78 is 59.8. The van der Waals surface area contributed by atoms with E-state index in [-0.39, 0.29) is 35.8 Å². The molecule has 0 atom stereocenters. The molecule has 1 amide bonds. The van der Waals surface area contributed by atoms with Crippen molar-refractivity contribution in [3.63, 3.8) is 0 Å². The Morgan fingerprint density at radius 3 is 2.42 bits per heavy atom. The van der Waals surface area contributed by atoms with Gasteiger partial charge in [-0.05, 0) is 81.0 Å². The van der Waals surface area contributed by atoms with E-state index >= 15 is 0 Å². The van der Waals surface area contributed by atoms with E-state index in [0.29, 0.717) is 24.4 Å². The third-order valence-electron chi connectivity index (χ3n) is 5.74. The second kappa shape index (κ2) is 9.53. The molecule has 3 rings (SSSR count). The Morgan fingerprint density at radius 2 is 1.81 bits per heavy atom. The van der Waals surface area contributed by atoms with Gasteiger partial charge in [0, 0.05) is 17.1 Å². The molecule has 1 aliphatic carbocycles. The van der Waals surface area contributed by atoms with E-state index in [9.17, 15) is 22.0 Å². The maximum atomic E-state index is 14.8. The lowest BCUT2D eigenvalue weighted by atomic mass is 9.78. The number of sulfone groups is 1. The Bertz CT molecular complexity index is 1040. The van der Waals surface area contributed by atoms with Crippen molar-refractivity contribution in [2.75, 3.05) is 13.2 Å². The molecule has 1 aliphatic rings. The molecule has 0 bridgehead atoms. The van der Waals surface area contributed by atoms with E-state index in [1.807, 2.05) is 0 Å². The van der Waals surface area contributed by atoms with Gasteiger partial charge in [-0.1, -0.05) is 11.6 Å². The summed E-state index contributed by atoms with van der Waals surface area (Å²) in [6, 6.07) is 8.54. The van der Waals surface area contributed by atoms with Crippen molar-refractivity contribution in [3.05, 3.63) is 64.7 Å². The first-order valence-corrected chi connectivity index (χ1v) is 11.9. The van der Waals surface area contributed by atoms with Crippen molar-refractivity contribution in [1.29, 1.82) is 0 Å². The first kappa shape index (κ1) is 23.5. The maximum Gasteiger partial charge on any atom is 0.407 e. The van der Waals surface area contributed by atoms with Crippen LogP contribution in [0.25, 0.3) is 0 Å². The van der Waals surface area contributed by atoms with Gasteiger partial charge in [-0.2, -0.15) is 0 Å². The van der Waals surface area contributed by atoms with Gasteiger partial charge in [-0.15, -0.1) is 0 Å². The van der Waals surface area contributed by atoms with E-state index in [2.05, 4.69) is 5.32 Å². The second-order valence-corrected chi connectivity index (χ2v) is 10.3. The Labute approximate surface area is 185 Å². The molecule has 1 fully saturated rings. The zero-order chi connectivity index (χ0) is 22.6. The Kier molecular flexibility index (Phi) is 7.21. The van der Waals surface area contributed by atoms with E-state index in [0.717, 1.165) is 18.2 Å². The molecular weight excluding hydrogens is 448 g/mol. The number of alkyl carbamates (subject to hydrolysis) is 1. The standard InChI is InChI=1S/C22H24ClF2NO4S/c1-2-26-21(27)30-14-15-9-11-22(12-10-15,19-13-17(24)5-8-20(19)25)31(28,29)18-6-3-16(23)4-7-18/h3-8,13,15H,2,9-12,14H2,1H3,(H,26,27)/t15-,22+. The van der Waals surface area contributed by atoms with Crippen LogP contribution in [0.3, 0.4) is 0 Å². The lowest BCUT2D eigenvalue weighted by molar-refractivity contribution is 0.111. The number of halogens is 3. The highest BCUT2D eigenvalue weighted by atomic mass is 35.5. The van der Waals surface area contributed by atoms with Crippen LogP contribution in [-0.4, -0.2) is 27.7 Å². The molecule has 2 aromatic rings. The third kappa shape index (κ3) is 4.85. The Morgan fingerprint density at radius 1 is 1.16 bits per heavy atom. The number of hydrogen-bond acceptors (Lipinski definition) is 4. The molecule has 0 radical (unpaired) electrons. The minimum atomic E-state index is -4.08. The van der Waals surface area contributed by atoms with Gasteiger partial charge in [0.25, 0.3) is 0 Å². The highest BCUT2D eigenvalue weighted by molar-refractivity contribution is 7.92. The van der Waals surface area contributed by atoms with Gasteiger partial charge in [-0.3, -0.25) is 0 Å². The predicted molar refractivity (Wildman–Crippen MR) is 114 cm³/mol. The summed E-state index contributed by atoms with van der Waals surface area (Å²) in [5.74, 6) is -1.55. The van der Waals surface area contributed by atoms with Crippen molar-refractivity contribution in [2.45, 2.75) is 42.2 Å². The number of carbonyl (C=O) groups is 1. The molecule has 9 heteroatoms. The van der Waals surface area contributed by atoms with Gasteiger partial charge in [0.05, 0.1) is 11.5 Å².